The fraction of sp³-hybridized carbons (Fsp3) is 0.812. The average molecular weight is 340 g/mol. The Morgan fingerprint density at radius 3 is 2.78 bits per heavy atom. The van der Waals surface area contributed by atoms with Gasteiger partial charge in [-0.1, -0.05) is 0 Å². The van der Waals surface area contributed by atoms with Gasteiger partial charge >= 0.3 is 0 Å². The van der Waals surface area contributed by atoms with Crippen LogP contribution in [0, 0.1) is 0 Å². The van der Waals surface area contributed by atoms with Crippen molar-refractivity contribution in [3.63, 3.8) is 0 Å². The summed E-state index contributed by atoms with van der Waals surface area (Å²) < 4.78 is 28.1. The summed E-state index contributed by atoms with van der Waals surface area (Å²) in [6, 6.07) is 0.330. The van der Waals surface area contributed by atoms with Crippen LogP contribution in [0.15, 0.2) is 0 Å². The number of hydrogen-bond donors (Lipinski definition) is 1. The lowest BCUT2D eigenvalue weighted by Crippen LogP contribution is -2.36. The van der Waals surface area contributed by atoms with E-state index in [-0.39, 0.29) is 5.75 Å². The number of imidazole rings is 1. The highest BCUT2D eigenvalue weighted by Crippen LogP contribution is 2.33. The largest absolute Gasteiger partial charge is 0.334 e. The molecule has 1 fully saturated rings. The van der Waals surface area contributed by atoms with E-state index in [0.29, 0.717) is 12.6 Å². The molecule has 130 valence electrons. The number of aryl methyl sites for hydroxylation is 1. The highest BCUT2D eigenvalue weighted by Gasteiger charge is 2.31. The van der Waals surface area contributed by atoms with E-state index in [9.17, 15) is 8.42 Å². The summed E-state index contributed by atoms with van der Waals surface area (Å²) in [5, 5.41) is 0. The van der Waals surface area contributed by atoms with Crippen LogP contribution >= 0.6 is 0 Å². The van der Waals surface area contributed by atoms with Crippen molar-refractivity contribution in [1.82, 2.24) is 19.2 Å². The number of nitrogens with one attached hydrogen (secondary N) is 1. The SMILES string of the molecule is CCS(=O)(=O)NCCN1CCC[C@@H]1c1nc2c(n1C)CCCC2. The predicted molar refractivity (Wildman–Crippen MR) is 90.9 cm³/mol. The van der Waals surface area contributed by atoms with E-state index in [4.69, 9.17) is 4.98 Å². The molecular formula is C16H28N4O2S. The Morgan fingerprint density at radius 2 is 2.04 bits per heavy atom. The monoisotopic (exact) mass is 340 g/mol. The lowest BCUT2D eigenvalue weighted by atomic mass is 10.0. The fourth-order valence-corrected chi connectivity index (χ4v) is 4.44. The van der Waals surface area contributed by atoms with Crippen molar-refractivity contribution in [1.29, 1.82) is 0 Å². The molecule has 0 aromatic carbocycles. The van der Waals surface area contributed by atoms with Gasteiger partial charge in [0.2, 0.25) is 10.0 Å². The minimum absolute atomic E-state index is 0.141. The first-order valence-electron chi connectivity index (χ1n) is 8.77. The molecule has 1 aromatic rings. The van der Waals surface area contributed by atoms with Gasteiger partial charge in [0.25, 0.3) is 0 Å². The number of hydrogen-bond acceptors (Lipinski definition) is 4. The Kier molecular flexibility index (Phi) is 5.08. The molecule has 0 amide bonds. The zero-order chi connectivity index (χ0) is 16.4. The molecule has 0 unspecified atom stereocenters. The summed E-state index contributed by atoms with van der Waals surface area (Å²) in [7, 11) is -0.960. The first-order valence-corrected chi connectivity index (χ1v) is 10.4. The maximum absolute atomic E-state index is 11.6. The van der Waals surface area contributed by atoms with Crippen molar-refractivity contribution in [3.05, 3.63) is 17.2 Å². The van der Waals surface area contributed by atoms with Crippen molar-refractivity contribution in [3.8, 4) is 0 Å². The van der Waals surface area contributed by atoms with E-state index in [1.54, 1.807) is 6.92 Å². The smallest absolute Gasteiger partial charge is 0.211 e. The molecule has 6 nitrogen and oxygen atoms in total. The van der Waals surface area contributed by atoms with Crippen LogP contribution in [0.5, 0.6) is 0 Å². The van der Waals surface area contributed by atoms with E-state index >= 15 is 0 Å². The first kappa shape index (κ1) is 16.9. The molecule has 1 aliphatic carbocycles. The van der Waals surface area contributed by atoms with E-state index < -0.39 is 10.0 Å². The average Bonchev–Trinajstić information content (AvgIpc) is 3.12. The van der Waals surface area contributed by atoms with Gasteiger partial charge in [-0.25, -0.2) is 18.1 Å². The van der Waals surface area contributed by atoms with Crippen molar-refractivity contribution < 1.29 is 8.42 Å². The van der Waals surface area contributed by atoms with Crippen LogP contribution in [0.2, 0.25) is 0 Å². The number of sulfonamides is 1. The summed E-state index contributed by atoms with van der Waals surface area (Å²) in [5.74, 6) is 1.32. The maximum atomic E-state index is 11.6. The van der Waals surface area contributed by atoms with Crippen molar-refractivity contribution in [2.24, 2.45) is 7.05 Å². The highest BCUT2D eigenvalue weighted by molar-refractivity contribution is 7.89. The van der Waals surface area contributed by atoms with Crippen LogP contribution in [0.3, 0.4) is 0 Å². The van der Waals surface area contributed by atoms with Crippen LogP contribution < -0.4 is 4.72 Å². The zero-order valence-electron chi connectivity index (χ0n) is 14.2. The fourth-order valence-electron chi connectivity index (χ4n) is 3.84. The Hall–Kier alpha value is -0.920. The van der Waals surface area contributed by atoms with Gasteiger partial charge in [0.15, 0.2) is 0 Å². The summed E-state index contributed by atoms with van der Waals surface area (Å²) in [4.78, 5) is 7.32. The molecule has 0 spiro atoms. The van der Waals surface area contributed by atoms with Gasteiger partial charge < -0.3 is 4.57 Å². The molecule has 1 N–H and O–H groups in total. The van der Waals surface area contributed by atoms with Gasteiger partial charge in [-0.15, -0.1) is 0 Å². The Bertz CT molecular complexity index is 653. The van der Waals surface area contributed by atoms with Crippen molar-refractivity contribution in [2.75, 3.05) is 25.4 Å². The molecule has 23 heavy (non-hydrogen) atoms. The van der Waals surface area contributed by atoms with Crippen LogP contribution in [0.4, 0.5) is 0 Å². The third-order valence-corrected chi connectivity index (χ3v) is 6.58. The Labute approximate surface area is 139 Å². The molecule has 1 aliphatic heterocycles. The van der Waals surface area contributed by atoms with Crippen LogP contribution in [0.25, 0.3) is 0 Å². The van der Waals surface area contributed by atoms with E-state index in [1.807, 2.05) is 0 Å². The standard InChI is InChI=1S/C16H28N4O2S/c1-3-23(21,22)17-10-12-20-11-6-9-15(20)16-18-13-7-4-5-8-14(13)19(16)2/h15,17H,3-12H2,1-2H3/t15-/m1/s1. The lowest BCUT2D eigenvalue weighted by Gasteiger charge is -2.24. The number of nitrogens with zero attached hydrogens (tertiary/aromatic N) is 3. The second-order valence-electron chi connectivity index (χ2n) is 6.62. The Balaban J connectivity index is 1.68. The molecule has 1 atom stereocenters. The van der Waals surface area contributed by atoms with Gasteiger partial charge in [0.1, 0.15) is 5.82 Å². The molecule has 2 heterocycles. The number of aromatic nitrogens is 2. The van der Waals surface area contributed by atoms with Crippen molar-refractivity contribution >= 4 is 10.0 Å². The lowest BCUT2D eigenvalue weighted by molar-refractivity contribution is 0.249. The highest BCUT2D eigenvalue weighted by atomic mass is 32.2. The minimum Gasteiger partial charge on any atom is -0.334 e. The molecule has 0 saturated carbocycles. The van der Waals surface area contributed by atoms with Crippen molar-refractivity contribution in [2.45, 2.75) is 51.5 Å². The Morgan fingerprint density at radius 1 is 1.26 bits per heavy atom. The quantitative estimate of drug-likeness (QED) is 0.849. The van der Waals surface area contributed by atoms with E-state index in [2.05, 4.69) is 21.2 Å². The molecule has 1 saturated heterocycles. The van der Waals surface area contributed by atoms with Gasteiger partial charge in [0, 0.05) is 25.8 Å². The molecule has 1 aromatic heterocycles. The third kappa shape index (κ3) is 3.61. The van der Waals surface area contributed by atoms with Crippen LogP contribution in [-0.2, 0) is 29.9 Å². The first-order chi connectivity index (χ1) is 11.0. The molecule has 3 rings (SSSR count). The second kappa shape index (κ2) is 6.91. The summed E-state index contributed by atoms with van der Waals surface area (Å²) in [6.07, 6.45) is 7.02. The normalized spacial score (nSPS) is 22.4. The number of rotatable bonds is 6. The van der Waals surface area contributed by atoms with Gasteiger partial charge in [0.05, 0.1) is 17.5 Å². The molecule has 0 bridgehead atoms. The topological polar surface area (TPSA) is 67.2 Å². The molecule has 7 heteroatoms. The van der Waals surface area contributed by atoms with E-state index in [1.165, 1.54) is 30.1 Å². The summed E-state index contributed by atoms with van der Waals surface area (Å²) >= 11 is 0. The van der Waals surface area contributed by atoms with Gasteiger partial charge in [-0.05, 0) is 52.0 Å². The second-order valence-corrected chi connectivity index (χ2v) is 8.72. The number of fused-ring (bicyclic) bond motifs is 1. The molecular weight excluding hydrogens is 312 g/mol. The van der Waals surface area contributed by atoms with Gasteiger partial charge in [-0.3, -0.25) is 4.90 Å². The number of likely N-dealkylation sites (tertiary alicyclic amines) is 1. The predicted octanol–water partition coefficient (Wildman–Crippen LogP) is 1.38. The van der Waals surface area contributed by atoms with Crippen LogP contribution in [0.1, 0.15) is 55.9 Å². The molecule has 2 aliphatic rings. The van der Waals surface area contributed by atoms with Gasteiger partial charge in [-0.2, -0.15) is 0 Å². The van der Waals surface area contributed by atoms with Crippen LogP contribution in [-0.4, -0.2) is 48.3 Å². The minimum atomic E-state index is -3.10. The summed E-state index contributed by atoms with van der Waals surface area (Å²) in [6.45, 7) is 3.92. The summed E-state index contributed by atoms with van der Waals surface area (Å²) in [5.41, 5.74) is 2.69. The maximum Gasteiger partial charge on any atom is 0.211 e. The zero-order valence-corrected chi connectivity index (χ0v) is 15.0. The third-order valence-electron chi connectivity index (χ3n) is 5.17. The molecule has 0 radical (unpaired) electrons. The van der Waals surface area contributed by atoms with E-state index in [0.717, 1.165) is 38.8 Å².